The molecule has 0 saturated carbocycles. The Kier molecular flexibility index (Phi) is 8.73. The molecule has 162 valence electrons. The molecule has 0 aliphatic carbocycles. The molecule has 0 atom stereocenters. The quantitative estimate of drug-likeness (QED) is 0.642. The van der Waals surface area contributed by atoms with E-state index in [0.717, 1.165) is 5.56 Å². The Morgan fingerprint density at radius 3 is 1.93 bits per heavy atom. The zero-order valence-electron chi connectivity index (χ0n) is 18.4. The maximum atomic E-state index is 11.5. The van der Waals surface area contributed by atoms with Crippen molar-refractivity contribution in [2.45, 2.75) is 71.7 Å². The van der Waals surface area contributed by atoms with E-state index in [-0.39, 0.29) is 0 Å². The highest BCUT2D eigenvalue weighted by molar-refractivity contribution is 6.45. The first-order valence-corrected chi connectivity index (χ1v) is 9.58. The molecule has 1 fully saturated rings. The minimum absolute atomic E-state index is 0.330. The molecule has 10 heteroatoms. The van der Waals surface area contributed by atoms with E-state index in [0.29, 0.717) is 13.0 Å². The third-order valence-corrected chi connectivity index (χ3v) is 4.68. The summed E-state index contributed by atoms with van der Waals surface area (Å²) < 4.78 is 16.1. The molecule has 2 rings (SSSR count). The van der Waals surface area contributed by atoms with Crippen molar-refractivity contribution in [3.8, 4) is 0 Å². The van der Waals surface area contributed by atoms with Crippen LogP contribution in [0.2, 0.25) is 0 Å². The average Bonchev–Trinajstić information content (AvgIpc) is 2.74. The first kappa shape index (κ1) is 25.5. The molecule has 0 spiro atoms. The number of carboxylic acid groups (broad SMARTS) is 1. The lowest BCUT2D eigenvalue weighted by Crippen LogP contribution is -2.46. The molecule has 1 aromatic carbocycles. The predicted octanol–water partition coefficient (Wildman–Crippen LogP) is 2.57. The van der Waals surface area contributed by atoms with Crippen molar-refractivity contribution in [3.63, 3.8) is 0 Å². The summed E-state index contributed by atoms with van der Waals surface area (Å²) in [6, 6.07) is 9.77. The molecule has 3 N–H and O–H groups in total. The van der Waals surface area contributed by atoms with Gasteiger partial charge >= 0.3 is 20.7 Å². The second-order valence-electron chi connectivity index (χ2n) is 8.83. The number of benzene rings is 1. The molecule has 0 radical (unpaired) electrons. The van der Waals surface area contributed by atoms with Crippen molar-refractivity contribution in [2.24, 2.45) is 0 Å². The highest BCUT2D eigenvalue weighted by Gasteiger charge is 2.55. The zero-order valence-corrected chi connectivity index (χ0v) is 18.4. The molecule has 0 aromatic heterocycles. The molecule has 0 unspecified atom stereocenters. The van der Waals surface area contributed by atoms with Gasteiger partial charge in [-0.2, -0.15) is 0 Å². The van der Waals surface area contributed by atoms with Gasteiger partial charge < -0.3 is 29.1 Å². The summed E-state index contributed by atoms with van der Waals surface area (Å²) in [5.41, 5.74) is -0.482. The van der Waals surface area contributed by atoms with Crippen LogP contribution >= 0.6 is 0 Å². The Morgan fingerprint density at radius 1 is 1.10 bits per heavy atom. The smallest absolute Gasteiger partial charge is 0.466 e. The van der Waals surface area contributed by atoms with Crippen LogP contribution in [0.4, 0.5) is 4.79 Å². The van der Waals surface area contributed by atoms with E-state index in [1.165, 1.54) is 4.81 Å². The molecule has 1 saturated heterocycles. The lowest BCUT2D eigenvalue weighted by Gasteiger charge is -2.32. The highest BCUT2D eigenvalue weighted by Crippen LogP contribution is 2.37. The van der Waals surface area contributed by atoms with Gasteiger partial charge in [0.15, 0.2) is 0 Å². The largest absolute Gasteiger partial charge is 0.634 e. The van der Waals surface area contributed by atoms with E-state index >= 15 is 0 Å². The summed E-state index contributed by atoms with van der Waals surface area (Å²) in [6.45, 7) is 13.2. The first-order valence-electron chi connectivity index (χ1n) is 9.58. The number of nitrogens with zero attached hydrogens (tertiary/aromatic N) is 1. The molecular weight excluding hydrogens is 376 g/mol. The number of hydrogen-bond donors (Lipinski definition) is 3. The van der Waals surface area contributed by atoms with Crippen LogP contribution in [0, 0.1) is 0 Å². The Bertz CT molecular complexity index is 632. The summed E-state index contributed by atoms with van der Waals surface area (Å²) in [4.78, 5) is 12.7. The maximum absolute atomic E-state index is 11.5. The van der Waals surface area contributed by atoms with Crippen LogP contribution in [0.1, 0.15) is 54.0 Å². The standard InChI is InChI=1S/C15H22BNO4.C4H11BO3/c1-14(2)15(3,4)21-16(20-14)17(13(18)19)11-10-12-8-6-5-7-9-12;1-4(2,3)8-5(6)7/h5-9H,10-11H2,1-4H3,(H,18,19);6-7H,1-3H3. The normalized spacial score (nSPS) is 17.3. The summed E-state index contributed by atoms with van der Waals surface area (Å²) in [5, 5.41) is 25.9. The van der Waals surface area contributed by atoms with Crippen LogP contribution < -0.4 is 0 Å². The van der Waals surface area contributed by atoms with Crippen LogP contribution in [0.3, 0.4) is 0 Å². The molecule has 1 aromatic rings. The van der Waals surface area contributed by atoms with Crippen molar-refractivity contribution in [3.05, 3.63) is 35.9 Å². The van der Waals surface area contributed by atoms with E-state index in [1.807, 2.05) is 58.0 Å². The Balaban J connectivity index is 0.000000447. The van der Waals surface area contributed by atoms with E-state index in [2.05, 4.69) is 4.65 Å². The van der Waals surface area contributed by atoms with Gasteiger partial charge in [-0.15, -0.1) is 0 Å². The lowest BCUT2D eigenvalue weighted by molar-refractivity contribution is 0.00578. The number of hydrogen-bond acceptors (Lipinski definition) is 6. The summed E-state index contributed by atoms with van der Waals surface area (Å²) >= 11 is 0. The average molecular weight is 409 g/mol. The lowest BCUT2D eigenvalue weighted by atomic mass is 9.90. The molecule has 1 heterocycles. The monoisotopic (exact) mass is 409 g/mol. The van der Waals surface area contributed by atoms with Gasteiger partial charge in [0.25, 0.3) is 0 Å². The fourth-order valence-electron chi connectivity index (χ4n) is 2.44. The molecule has 1 amide bonds. The van der Waals surface area contributed by atoms with Gasteiger partial charge in [-0.1, -0.05) is 30.3 Å². The SMILES string of the molecule is CC(C)(C)OB(O)O.CC1(C)OB(N(CCc2ccccc2)C(=O)O)OC1(C)C. The number of rotatable bonds is 5. The second-order valence-corrected chi connectivity index (χ2v) is 8.83. The maximum Gasteiger partial charge on any atom is 0.634 e. The highest BCUT2D eigenvalue weighted by atomic mass is 16.7. The van der Waals surface area contributed by atoms with Crippen LogP contribution in [-0.2, 0) is 20.4 Å². The fourth-order valence-corrected chi connectivity index (χ4v) is 2.44. The fraction of sp³-hybridized carbons (Fsp3) is 0.632. The van der Waals surface area contributed by atoms with Crippen LogP contribution in [-0.4, -0.2) is 64.0 Å². The van der Waals surface area contributed by atoms with E-state index < -0.39 is 37.5 Å². The number of carbonyl (C=O) groups is 1. The van der Waals surface area contributed by atoms with Crippen molar-refractivity contribution in [1.29, 1.82) is 0 Å². The van der Waals surface area contributed by atoms with Crippen molar-refractivity contribution < 1.29 is 33.9 Å². The van der Waals surface area contributed by atoms with Gasteiger partial charge in [0, 0.05) is 12.1 Å². The van der Waals surface area contributed by atoms with Crippen LogP contribution in [0.5, 0.6) is 0 Å². The Labute approximate surface area is 174 Å². The van der Waals surface area contributed by atoms with Gasteiger partial charge in [-0.3, -0.25) is 4.81 Å². The Morgan fingerprint density at radius 2 is 1.59 bits per heavy atom. The van der Waals surface area contributed by atoms with Gasteiger partial charge in [0.2, 0.25) is 0 Å². The topological polar surface area (TPSA) is 109 Å². The molecule has 0 bridgehead atoms. The van der Waals surface area contributed by atoms with Crippen molar-refractivity contribution in [2.75, 3.05) is 6.54 Å². The molecular formula is C19H33B2NO7. The van der Waals surface area contributed by atoms with Gasteiger partial charge in [-0.05, 0) is 60.5 Å². The van der Waals surface area contributed by atoms with Crippen molar-refractivity contribution in [1.82, 2.24) is 4.81 Å². The van der Waals surface area contributed by atoms with E-state index in [9.17, 15) is 9.90 Å². The van der Waals surface area contributed by atoms with E-state index in [4.69, 9.17) is 19.4 Å². The van der Waals surface area contributed by atoms with Crippen LogP contribution in [0.25, 0.3) is 0 Å². The predicted molar refractivity (Wildman–Crippen MR) is 112 cm³/mol. The second kappa shape index (κ2) is 9.95. The summed E-state index contributed by atoms with van der Waals surface area (Å²) in [6.07, 6.45) is -0.415. The minimum atomic E-state index is -1.66. The van der Waals surface area contributed by atoms with Gasteiger partial charge in [0.1, 0.15) is 0 Å². The minimum Gasteiger partial charge on any atom is -0.466 e. The first-order chi connectivity index (χ1) is 13.1. The van der Waals surface area contributed by atoms with Crippen molar-refractivity contribution >= 4 is 20.7 Å². The molecule has 1 aliphatic rings. The van der Waals surface area contributed by atoms with E-state index in [1.54, 1.807) is 20.8 Å². The Hall–Kier alpha value is -1.58. The number of amides is 1. The molecule has 1 aliphatic heterocycles. The van der Waals surface area contributed by atoms with Gasteiger partial charge in [0.05, 0.1) is 11.2 Å². The molecule has 8 nitrogen and oxygen atoms in total. The molecule has 29 heavy (non-hydrogen) atoms. The summed E-state index contributed by atoms with van der Waals surface area (Å²) in [5.74, 6) is 0. The third-order valence-electron chi connectivity index (χ3n) is 4.68. The van der Waals surface area contributed by atoms with Gasteiger partial charge in [-0.25, -0.2) is 4.79 Å². The third kappa shape index (κ3) is 8.36. The zero-order chi connectivity index (χ0) is 22.5. The summed E-state index contributed by atoms with van der Waals surface area (Å²) in [7, 11) is -2.52. The van der Waals surface area contributed by atoms with Crippen LogP contribution in [0.15, 0.2) is 30.3 Å².